The molecule has 1 atom stereocenters. The van der Waals surface area contributed by atoms with Gasteiger partial charge in [-0.05, 0) is 67.4 Å². The molecule has 0 spiro atoms. The number of nitrogens with zero attached hydrogens (tertiary/aromatic N) is 4. The highest BCUT2D eigenvalue weighted by Crippen LogP contribution is 2.25. The van der Waals surface area contributed by atoms with Crippen molar-refractivity contribution in [3.8, 4) is 11.3 Å². The number of amides is 1. The first-order valence-corrected chi connectivity index (χ1v) is 15.3. The Labute approximate surface area is 246 Å². The van der Waals surface area contributed by atoms with E-state index in [0.29, 0.717) is 29.5 Å². The molecule has 2 aromatic carbocycles. The molecule has 1 aliphatic heterocycles. The molecule has 0 saturated carbocycles. The summed E-state index contributed by atoms with van der Waals surface area (Å²) in [5, 5.41) is 9.71. The number of hydrogen-bond acceptors (Lipinski definition) is 9. The summed E-state index contributed by atoms with van der Waals surface area (Å²) in [5.74, 6) is 0.328. The summed E-state index contributed by atoms with van der Waals surface area (Å²) >= 11 is 0. The van der Waals surface area contributed by atoms with E-state index in [1.54, 1.807) is 18.6 Å². The van der Waals surface area contributed by atoms with Crippen LogP contribution in [0, 0.1) is 6.92 Å². The smallest absolute Gasteiger partial charge is 0.261 e. The number of aryl methyl sites for hydroxylation is 1. The van der Waals surface area contributed by atoms with Crippen molar-refractivity contribution < 1.29 is 17.8 Å². The molecular weight excluding hydrogens is 554 g/mol. The molecule has 220 valence electrons. The molecule has 1 fully saturated rings. The molecule has 0 aliphatic carbocycles. The average molecular weight is 590 g/mol. The standard InChI is InChI=1S/C29H31N7O.CH4O3S/c1-20-5-10-25(16-27(20)35-29-32-13-11-26(34-29)24-4-3-12-30-18-24)33-28(37)23-8-6-22(7-9-23)19-36-15-14-31-17-21(36)2;1-5(2,3)4/h3-13,16,18,21,31H,14-15,17,19H2,1-2H3,(H,33,37)(H,32,34,35);1H3,(H,2,3,4). The van der Waals surface area contributed by atoms with Crippen LogP contribution in [0.3, 0.4) is 0 Å². The Kier molecular flexibility index (Phi) is 10.3. The van der Waals surface area contributed by atoms with E-state index in [-0.39, 0.29) is 5.91 Å². The van der Waals surface area contributed by atoms with Crippen molar-refractivity contribution in [3.05, 3.63) is 95.9 Å². The number of anilines is 3. The summed E-state index contributed by atoms with van der Waals surface area (Å²) in [6.07, 6.45) is 5.93. The number of hydrogen-bond donors (Lipinski definition) is 4. The minimum Gasteiger partial charge on any atom is -0.324 e. The maximum Gasteiger partial charge on any atom is 0.261 e. The highest BCUT2D eigenvalue weighted by atomic mass is 32.2. The molecule has 42 heavy (non-hydrogen) atoms. The lowest BCUT2D eigenvalue weighted by Gasteiger charge is -2.33. The first kappa shape index (κ1) is 30.7. The predicted molar refractivity (Wildman–Crippen MR) is 164 cm³/mol. The van der Waals surface area contributed by atoms with Gasteiger partial charge in [0.1, 0.15) is 0 Å². The van der Waals surface area contributed by atoms with Gasteiger partial charge in [0, 0.05) is 73.3 Å². The number of nitrogens with one attached hydrogen (secondary N) is 3. The SMILES string of the molecule is CS(=O)(=O)O.Cc1ccc(NC(=O)c2ccc(CN3CCNCC3C)cc2)cc1Nc1nccc(-c2cccnc2)n1. The van der Waals surface area contributed by atoms with Crippen LogP contribution in [0.4, 0.5) is 17.3 Å². The molecular formula is C30H35N7O4S. The zero-order chi connectivity index (χ0) is 30.1. The number of pyridine rings is 1. The fraction of sp³-hybridized carbons (Fsp3) is 0.267. The van der Waals surface area contributed by atoms with E-state index in [1.165, 1.54) is 5.56 Å². The van der Waals surface area contributed by atoms with Gasteiger partial charge in [-0.2, -0.15) is 8.42 Å². The summed E-state index contributed by atoms with van der Waals surface area (Å²) in [7, 11) is -3.67. The minimum atomic E-state index is -3.67. The molecule has 2 aromatic heterocycles. The molecule has 1 saturated heterocycles. The van der Waals surface area contributed by atoms with Gasteiger partial charge in [0.05, 0.1) is 11.9 Å². The lowest BCUT2D eigenvalue weighted by atomic mass is 10.1. The number of carbonyl (C=O) groups is 1. The third kappa shape index (κ3) is 9.42. The van der Waals surface area contributed by atoms with Gasteiger partial charge >= 0.3 is 0 Å². The van der Waals surface area contributed by atoms with Crippen molar-refractivity contribution in [1.29, 1.82) is 0 Å². The van der Waals surface area contributed by atoms with E-state index in [1.807, 2.05) is 67.6 Å². The van der Waals surface area contributed by atoms with Crippen LogP contribution >= 0.6 is 0 Å². The number of rotatable bonds is 7. The lowest BCUT2D eigenvalue weighted by molar-refractivity contribution is 0.102. The Hall–Kier alpha value is -4.23. The van der Waals surface area contributed by atoms with Crippen molar-refractivity contribution in [3.63, 3.8) is 0 Å². The van der Waals surface area contributed by atoms with Gasteiger partial charge in [-0.15, -0.1) is 0 Å². The van der Waals surface area contributed by atoms with Crippen LogP contribution in [0.25, 0.3) is 11.3 Å². The van der Waals surface area contributed by atoms with E-state index in [0.717, 1.165) is 48.7 Å². The third-order valence-corrected chi connectivity index (χ3v) is 6.60. The van der Waals surface area contributed by atoms with Gasteiger partial charge in [0.15, 0.2) is 0 Å². The second-order valence-corrected chi connectivity index (χ2v) is 11.5. The van der Waals surface area contributed by atoms with Crippen LogP contribution in [-0.2, 0) is 16.7 Å². The molecule has 4 aromatic rings. The maximum atomic E-state index is 12.9. The number of carbonyl (C=O) groups excluding carboxylic acids is 1. The monoisotopic (exact) mass is 589 g/mol. The van der Waals surface area contributed by atoms with Crippen molar-refractivity contribution in [1.82, 2.24) is 25.2 Å². The van der Waals surface area contributed by atoms with E-state index in [4.69, 9.17) is 4.55 Å². The van der Waals surface area contributed by atoms with Gasteiger partial charge in [0.25, 0.3) is 16.0 Å². The molecule has 1 aliphatic rings. The zero-order valence-corrected chi connectivity index (χ0v) is 24.6. The fourth-order valence-electron chi connectivity index (χ4n) is 4.37. The molecule has 0 radical (unpaired) electrons. The van der Waals surface area contributed by atoms with Crippen molar-refractivity contribution in [2.45, 2.75) is 26.4 Å². The summed E-state index contributed by atoms with van der Waals surface area (Å²) in [5.41, 5.74) is 6.06. The predicted octanol–water partition coefficient (Wildman–Crippen LogP) is 4.14. The summed E-state index contributed by atoms with van der Waals surface area (Å²) in [6.45, 7) is 8.18. The maximum absolute atomic E-state index is 12.9. The Morgan fingerprint density at radius 2 is 1.88 bits per heavy atom. The van der Waals surface area contributed by atoms with Crippen LogP contribution in [0.2, 0.25) is 0 Å². The molecule has 1 amide bonds. The van der Waals surface area contributed by atoms with Gasteiger partial charge < -0.3 is 16.0 Å². The van der Waals surface area contributed by atoms with Crippen LogP contribution in [0.15, 0.2) is 79.3 Å². The lowest BCUT2D eigenvalue weighted by Crippen LogP contribution is -2.49. The van der Waals surface area contributed by atoms with Gasteiger partial charge in [-0.25, -0.2) is 9.97 Å². The highest BCUT2D eigenvalue weighted by Gasteiger charge is 2.18. The van der Waals surface area contributed by atoms with E-state index < -0.39 is 10.1 Å². The van der Waals surface area contributed by atoms with Gasteiger partial charge in [-0.3, -0.25) is 19.2 Å². The summed E-state index contributed by atoms with van der Waals surface area (Å²) in [4.78, 5) is 28.5. The molecule has 11 nitrogen and oxygen atoms in total. The highest BCUT2D eigenvalue weighted by molar-refractivity contribution is 7.85. The van der Waals surface area contributed by atoms with Gasteiger partial charge in [0.2, 0.25) is 5.95 Å². The fourth-order valence-corrected chi connectivity index (χ4v) is 4.37. The second kappa shape index (κ2) is 14.1. The molecule has 3 heterocycles. The van der Waals surface area contributed by atoms with E-state index in [9.17, 15) is 13.2 Å². The van der Waals surface area contributed by atoms with Crippen molar-refractivity contribution >= 4 is 33.3 Å². The molecule has 12 heteroatoms. The number of piperazine rings is 1. The van der Waals surface area contributed by atoms with Crippen molar-refractivity contribution in [2.24, 2.45) is 0 Å². The normalized spacial score (nSPS) is 15.3. The van der Waals surface area contributed by atoms with E-state index in [2.05, 4.69) is 42.7 Å². The van der Waals surface area contributed by atoms with Crippen LogP contribution in [-0.4, -0.2) is 70.7 Å². The number of aromatic nitrogens is 3. The molecule has 0 bridgehead atoms. The Bertz CT molecular complexity index is 1590. The summed E-state index contributed by atoms with van der Waals surface area (Å²) < 4.78 is 25.9. The molecule has 5 rings (SSSR count). The largest absolute Gasteiger partial charge is 0.324 e. The van der Waals surface area contributed by atoms with Gasteiger partial charge in [-0.1, -0.05) is 18.2 Å². The topological polar surface area (TPSA) is 149 Å². The van der Waals surface area contributed by atoms with Crippen LogP contribution in [0.1, 0.15) is 28.4 Å². The second-order valence-electron chi connectivity index (χ2n) is 10.1. The molecule has 4 N–H and O–H groups in total. The van der Waals surface area contributed by atoms with E-state index >= 15 is 0 Å². The Morgan fingerprint density at radius 3 is 2.57 bits per heavy atom. The van der Waals surface area contributed by atoms with Crippen molar-refractivity contribution in [2.75, 3.05) is 36.5 Å². The first-order valence-electron chi connectivity index (χ1n) is 13.4. The first-order chi connectivity index (χ1) is 20.0. The quantitative estimate of drug-likeness (QED) is 0.232. The van der Waals surface area contributed by atoms with Crippen LogP contribution in [0.5, 0.6) is 0 Å². The number of benzene rings is 2. The summed E-state index contributed by atoms with van der Waals surface area (Å²) in [6, 6.07) is 19.8. The Morgan fingerprint density at radius 1 is 1.12 bits per heavy atom. The molecule has 1 unspecified atom stereocenters. The third-order valence-electron chi connectivity index (χ3n) is 6.60. The zero-order valence-electron chi connectivity index (χ0n) is 23.8. The average Bonchev–Trinajstić information content (AvgIpc) is 2.96. The Balaban J connectivity index is 0.000000748. The minimum absolute atomic E-state index is 0.147. The van der Waals surface area contributed by atoms with Crippen LogP contribution < -0.4 is 16.0 Å².